The van der Waals surface area contributed by atoms with Crippen molar-refractivity contribution in [2.45, 2.75) is 20.5 Å². The second kappa shape index (κ2) is 10.6. The third kappa shape index (κ3) is 5.41. The highest BCUT2D eigenvalue weighted by atomic mass is 16.5. The van der Waals surface area contributed by atoms with E-state index in [1.807, 2.05) is 65.6 Å². The van der Waals surface area contributed by atoms with Gasteiger partial charge in [0.1, 0.15) is 18.2 Å². The van der Waals surface area contributed by atoms with Crippen LogP contribution in [0.2, 0.25) is 0 Å². The van der Waals surface area contributed by atoms with Crippen molar-refractivity contribution in [1.29, 1.82) is 0 Å². The van der Waals surface area contributed by atoms with Crippen LogP contribution in [0.5, 0.6) is 5.75 Å². The minimum Gasteiger partial charge on any atom is -0.489 e. The topological polar surface area (TPSA) is 45.7 Å². The first-order chi connectivity index (χ1) is 17.6. The maximum absolute atomic E-state index is 12.8. The van der Waals surface area contributed by atoms with Gasteiger partial charge in [0.2, 0.25) is 5.91 Å². The average molecular weight is 478 g/mol. The fourth-order valence-corrected chi connectivity index (χ4v) is 4.55. The number of hydrogen-bond acceptors (Lipinski definition) is 4. The highest BCUT2D eigenvalue weighted by Gasteiger charge is 2.21. The number of pyridine rings is 1. The lowest BCUT2D eigenvalue weighted by Gasteiger charge is -2.35. The van der Waals surface area contributed by atoms with E-state index in [0.29, 0.717) is 19.7 Å². The Kier molecular flexibility index (Phi) is 6.99. The van der Waals surface area contributed by atoms with E-state index >= 15 is 0 Å². The Morgan fingerprint density at radius 2 is 1.64 bits per heavy atom. The number of benzene rings is 3. The van der Waals surface area contributed by atoms with E-state index in [0.717, 1.165) is 41.3 Å². The number of nitrogens with zero attached hydrogens (tertiary/aromatic N) is 3. The molecule has 5 rings (SSSR count). The zero-order valence-electron chi connectivity index (χ0n) is 20.9. The average Bonchev–Trinajstić information content (AvgIpc) is 2.92. The second-order valence-electron chi connectivity index (χ2n) is 9.26. The van der Waals surface area contributed by atoms with Gasteiger partial charge in [0, 0.05) is 37.6 Å². The first-order valence-corrected chi connectivity index (χ1v) is 12.4. The molecule has 36 heavy (non-hydrogen) atoms. The molecule has 0 radical (unpaired) electrons. The first kappa shape index (κ1) is 23.6. The third-order valence-electron chi connectivity index (χ3n) is 6.70. The van der Waals surface area contributed by atoms with Crippen molar-refractivity contribution in [3.8, 4) is 5.75 Å². The molecule has 3 aromatic carbocycles. The minimum absolute atomic E-state index is 0.0394. The van der Waals surface area contributed by atoms with Gasteiger partial charge in [-0.3, -0.25) is 4.79 Å². The van der Waals surface area contributed by atoms with E-state index in [4.69, 9.17) is 9.72 Å². The van der Waals surface area contributed by atoms with Gasteiger partial charge in [-0.25, -0.2) is 4.98 Å². The molecule has 5 nitrogen and oxygen atoms in total. The Hall–Kier alpha value is -4.12. The molecule has 2 heterocycles. The number of carbonyl (C=O) groups excluding carboxylic acids is 1. The predicted molar refractivity (Wildman–Crippen MR) is 146 cm³/mol. The number of rotatable bonds is 6. The summed E-state index contributed by atoms with van der Waals surface area (Å²) in [5.41, 5.74) is 5.59. The molecule has 1 aliphatic rings. The highest BCUT2D eigenvalue weighted by molar-refractivity contribution is 5.92. The van der Waals surface area contributed by atoms with Gasteiger partial charge >= 0.3 is 0 Å². The van der Waals surface area contributed by atoms with Gasteiger partial charge in [0.15, 0.2) is 0 Å². The molecule has 1 saturated heterocycles. The normalized spacial score (nSPS) is 13.9. The molecule has 0 spiro atoms. The molecule has 0 N–H and O–H groups in total. The summed E-state index contributed by atoms with van der Waals surface area (Å²) in [5, 5.41) is 1.20. The lowest BCUT2D eigenvalue weighted by Crippen LogP contribution is -2.48. The van der Waals surface area contributed by atoms with E-state index < -0.39 is 0 Å². The number of hydrogen-bond donors (Lipinski definition) is 0. The van der Waals surface area contributed by atoms with Gasteiger partial charge < -0.3 is 14.5 Å². The summed E-state index contributed by atoms with van der Waals surface area (Å²) in [6.45, 7) is 7.69. The van der Waals surface area contributed by atoms with Gasteiger partial charge in [-0.15, -0.1) is 0 Å². The largest absolute Gasteiger partial charge is 0.489 e. The molecule has 5 heteroatoms. The standard InChI is InChI=1S/C31H31N3O2/c1-23-7-6-10-28-24(2)21-29(32-31(23)28)33-17-19-34(20-18-33)30(35)16-13-25-11-14-27(15-12-25)36-22-26-8-4-3-5-9-26/h3-16,21H,17-20,22H2,1-2H3/b16-13+. The summed E-state index contributed by atoms with van der Waals surface area (Å²) in [4.78, 5) is 21.9. The summed E-state index contributed by atoms with van der Waals surface area (Å²) >= 11 is 0. The molecule has 1 fully saturated rings. The number of amides is 1. The Morgan fingerprint density at radius 3 is 2.39 bits per heavy atom. The van der Waals surface area contributed by atoms with E-state index in [9.17, 15) is 4.79 Å². The summed E-state index contributed by atoms with van der Waals surface area (Å²) in [6, 6.07) is 26.4. The Balaban J connectivity index is 1.15. The van der Waals surface area contributed by atoms with E-state index in [-0.39, 0.29) is 5.91 Å². The number of anilines is 1. The van der Waals surface area contributed by atoms with Crippen LogP contribution >= 0.6 is 0 Å². The molecule has 0 aliphatic carbocycles. The maximum Gasteiger partial charge on any atom is 0.246 e. The summed E-state index contributed by atoms with van der Waals surface area (Å²) in [5.74, 6) is 1.84. The molecule has 0 unspecified atom stereocenters. The fourth-order valence-electron chi connectivity index (χ4n) is 4.55. The van der Waals surface area contributed by atoms with Crippen LogP contribution in [0, 0.1) is 13.8 Å². The Bertz CT molecular complexity index is 1370. The molecule has 182 valence electrons. The van der Waals surface area contributed by atoms with Crippen LogP contribution < -0.4 is 9.64 Å². The molecular weight excluding hydrogens is 446 g/mol. The zero-order chi connectivity index (χ0) is 24.9. The number of para-hydroxylation sites is 1. The second-order valence-corrected chi connectivity index (χ2v) is 9.26. The zero-order valence-corrected chi connectivity index (χ0v) is 20.9. The maximum atomic E-state index is 12.8. The molecule has 0 saturated carbocycles. The van der Waals surface area contributed by atoms with Crippen molar-refractivity contribution in [1.82, 2.24) is 9.88 Å². The number of ether oxygens (including phenoxy) is 1. The number of fused-ring (bicyclic) bond motifs is 1. The predicted octanol–water partition coefficient (Wildman–Crippen LogP) is 5.79. The van der Waals surface area contributed by atoms with Crippen LogP contribution in [-0.4, -0.2) is 42.0 Å². The van der Waals surface area contributed by atoms with E-state index in [1.165, 1.54) is 16.5 Å². The van der Waals surface area contributed by atoms with Crippen molar-refractivity contribution in [3.05, 3.63) is 107 Å². The monoisotopic (exact) mass is 477 g/mol. The quantitative estimate of drug-likeness (QED) is 0.330. The minimum atomic E-state index is 0.0394. The molecular formula is C31H31N3O2. The van der Waals surface area contributed by atoms with Crippen LogP contribution in [0.1, 0.15) is 22.3 Å². The van der Waals surface area contributed by atoms with Gasteiger partial charge in [-0.2, -0.15) is 0 Å². The molecule has 0 bridgehead atoms. The van der Waals surface area contributed by atoms with Crippen molar-refractivity contribution in [2.24, 2.45) is 0 Å². The lowest BCUT2D eigenvalue weighted by atomic mass is 10.1. The fraction of sp³-hybridized carbons (Fsp3) is 0.226. The molecule has 1 aliphatic heterocycles. The number of carbonyl (C=O) groups is 1. The smallest absolute Gasteiger partial charge is 0.246 e. The Labute approximate surface area is 212 Å². The van der Waals surface area contributed by atoms with Gasteiger partial charge in [-0.1, -0.05) is 60.7 Å². The molecule has 4 aromatic rings. The van der Waals surface area contributed by atoms with Crippen molar-refractivity contribution < 1.29 is 9.53 Å². The van der Waals surface area contributed by atoms with Crippen LogP contribution in [0.4, 0.5) is 5.82 Å². The van der Waals surface area contributed by atoms with Crippen LogP contribution in [-0.2, 0) is 11.4 Å². The molecule has 0 atom stereocenters. The van der Waals surface area contributed by atoms with Gasteiger partial charge in [0.25, 0.3) is 0 Å². The number of piperazine rings is 1. The van der Waals surface area contributed by atoms with E-state index in [1.54, 1.807) is 6.08 Å². The van der Waals surface area contributed by atoms with Crippen molar-refractivity contribution in [3.63, 3.8) is 0 Å². The van der Waals surface area contributed by atoms with Crippen LogP contribution in [0.15, 0.2) is 84.9 Å². The van der Waals surface area contributed by atoms with Crippen molar-refractivity contribution in [2.75, 3.05) is 31.1 Å². The SMILES string of the molecule is Cc1cc(N2CCN(C(=O)/C=C/c3ccc(OCc4ccccc4)cc3)CC2)nc2c(C)cccc12. The molecule has 1 aromatic heterocycles. The number of aromatic nitrogens is 1. The summed E-state index contributed by atoms with van der Waals surface area (Å²) in [6.07, 6.45) is 3.53. The van der Waals surface area contributed by atoms with Crippen molar-refractivity contribution >= 4 is 28.7 Å². The van der Waals surface area contributed by atoms with Crippen LogP contribution in [0.25, 0.3) is 17.0 Å². The van der Waals surface area contributed by atoms with E-state index in [2.05, 4.69) is 43.0 Å². The molecule has 1 amide bonds. The first-order valence-electron chi connectivity index (χ1n) is 12.4. The third-order valence-corrected chi connectivity index (χ3v) is 6.70. The van der Waals surface area contributed by atoms with Gasteiger partial charge in [0.05, 0.1) is 5.52 Å². The summed E-state index contributed by atoms with van der Waals surface area (Å²) < 4.78 is 5.84. The lowest BCUT2D eigenvalue weighted by molar-refractivity contribution is -0.126. The van der Waals surface area contributed by atoms with Gasteiger partial charge in [-0.05, 0) is 60.4 Å². The Morgan fingerprint density at radius 1 is 0.889 bits per heavy atom. The highest BCUT2D eigenvalue weighted by Crippen LogP contribution is 2.25. The summed E-state index contributed by atoms with van der Waals surface area (Å²) in [7, 11) is 0. The number of aryl methyl sites for hydroxylation is 2. The van der Waals surface area contributed by atoms with Crippen LogP contribution in [0.3, 0.4) is 0 Å².